The van der Waals surface area contributed by atoms with Crippen LogP contribution < -0.4 is 5.32 Å². The first-order chi connectivity index (χ1) is 14.9. The summed E-state index contributed by atoms with van der Waals surface area (Å²) in [6, 6.07) is 14.0. The molecule has 1 heterocycles. The van der Waals surface area contributed by atoms with E-state index < -0.39 is 36.3 Å². The number of alkyl carbamates (subject to hydrolysis) is 1. The molecule has 2 aromatic carbocycles. The van der Waals surface area contributed by atoms with Gasteiger partial charge >= 0.3 is 12.1 Å². The molecule has 0 spiro atoms. The smallest absolute Gasteiger partial charge is 0.407 e. The van der Waals surface area contributed by atoms with E-state index in [4.69, 9.17) is 9.47 Å². The van der Waals surface area contributed by atoms with Crippen molar-refractivity contribution in [1.29, 1.82) is 0 Å². The SMILES string of the molecule is CC1OC[C@@H](C(=O)O)N1C(=O)[C@H](C)NC(=O)OCC1c2ccccc2-c2ccccc21. The van der Waals surface area contributed by atoms with Crippen molar-refractivity contribution in [2.24, 2.45) is 0 Å². The highest BCUT2D eigenvalue weighted by Gasteiger charge is 2.41. The van der Waals surface area contributed by atoms with E-state index in [1.807, 2.05) is 48.5 Å². The van der Waals surface area contributed by atoms with Crippen molar-refractivity contribution in [3.63, 3.8) is 0 Å². The van der Waals surface area contributed by atoms with Crippen LogP contribution in [0.1, 0.15) is 30.9 Å². The zero-order valence-electron chi connectivity index (χ0n) is 17.3. The molecule has 2 amide bonds. The van der Waals surface area contributed by atoms with Crippen LogP contribution >= 0.6 is 0 Å². The number of nitrogens with one attached hydrogen (secondary N) is 1. The first-order valence-corrected chi connectivity index (χ1v) is 10.2. The molecule has 0 radical (unpaired) electrons. The largest absolute Gasteiger partial charge is 0.480 e. The van der Waals surface area contributed by atoms with Crippen LogP contribution in [0.3, 0.4) is 0 Å². The molecule has 4 rings (SSSR count). The Morgan fingerprint density at radius 3 is 2.29 bits per heavy atom. The summed E-state index contributed by atoms with van der Waals surface area (Å²) in [7, 11) is 0. The van der Waals surface area contributed by atoms with Crippen LogP contribution in [0.5, 0.6) is 0 Å². The molecule has 31 heavy (non-hydrogen) atoms. The fourth-order valence-corrected chi connectivity index (χ4v) is 4.27. The Kier molecular flexibility index (Phi) is 5.65. The Labute approximate surface area is 179 Å². The minimum absolute atomic E-state index is 0.0834. The molecule has 1 aliphatic carbocycles. The third-order valence-electron chi connectivity index (χ3n) is 5.81. The van der Waals surface area contributed by atoms with Crippen molar-refractivity contribution < 1.29 is 29.0 Å². The topological polar surface area (TPSA) is 105 Å². The first kappa shape index (κ1) is 20.9. The zero-order chi connectivity index (χ0) is 22.1. The monoisotopic (exact) mass is 424 g/mol. The van der Waals surface area contributed by atoms with E-state index in [1.165, 1.54) is 6.92 Å². The van der Waals surface area contributed by atoms with Gasteiger partial charge in [0.05, 0.1) is 6.61 Å². The fraction of sp³-hybridized carbons (Fsp3) is 0.348. The number of carbonyl (C=O) groups is 3. The highest BCUT2D eigenvalue weighted by molar-refractivity contribution is 5.89. The highest BCUT2D eigenvalue weighted by Crippen LogP contribution is 2.44. The quantitative estimate of drug-likeness (QED) is 0.764. The lowest BCUT2D eigenvalue weighted by molar-refractivity contribution is -0.150. The number of rotatable bonds is 5. The molecule has 0 bridgehead atoms. The van der Waals surface area contributed by atoms with Gasteiger partial charge in [-0.3, -0.25) is 9.69 Å². The number of carboxylic acid groups (broad SMARTS) is 1. The van der Waals surface area contributed by atoms with Gasteiger partial charge in [0.25, 0.3) is 0 Å². The minimum atomic E-state index is -1.15. The molecule has 2 N–H and O–H groups in total. The van der Waals surface area contributed by atoms with Gasteiger partial charge in [0.15, 0.2) is 6.04 Å². The number of aliphatic carboxylic acids is 1. The highest BCUT2D eigenvalue weighted by atomic mass is 16.5. The first-order valence-electron chi connectivity index (χ1n) is 10.2. The van der Waals surface area contributed by atoms with Crippen LogP contribution in [-0.4, -0.2) is 59.5 Å². The molecule has 3 atom stereocenters. The molecule has 8 nitrogen and oxygen atoms in total. The maximum atomic E-state index is 12.7. The summed E-state index contributed by atoms with van der Waals surface area (Å²) < 4.78 is 10.7. The van der Waals surface area contributed by atoms with Crippen LogP contribution in [0.4, 0.5) is 4.79 Å². The molecule has 1 fully saturated rings. The van der Waals surface area contributed by atoms with E-state index in [-0.39, 0.29) is 19.1 Å². The third kappa shape index (κ3) is 3.86. The van der Waals surface area contributed by atoms with Gasteiger partial charge in [-0.25, -0.2) is 9.59 Å². The predicted octanol–water partition coefficient (Wildman–Crippen LogP) is 2.57. The number of carboxylic acids is 1. The molecule has 2 aliphatic rings. The second kappa shape index (κ2) is 8.39. The second-order valence-electron chi connectivity index (χ2n) is 7.72. The Bertz CT molecular complexity index is 977. The number of fused-ring (bicyclic) bond motifs is 3. The van der Waals surface area contributed by atoms with E-state index in [0.717, 1.165) is 27.2 Å². The molecule has 1 saturated heterocycles. The zero-order valence-corrected chi connectivity index (χ0v) is 17.3. The van der Waals surface area contributed by atoms with Crippen molar-refractivity contribution in [2.75, 3.05) is 13.2 Å². The third-order valence-corrected chi connectivity index (χ3v) is 5.81. The molecular formula is C23H24N2O6. The van der Waals surface area contributed by atoms with Crippen LogP contribution in [0.25, 0.3) is 11.1 Å². The van der Waals surface area contributed by atoms with Gasteiger partial charge in [-0.1, -0.05) is 48.5 Å². The molecular weight excluding hydrogens is 400 g/mol. The van der Waals surface area contributed by atoms with Crippen molar-refractivity contribution >= 4 is 18.0 Å². The summed E-state index contributed by atoms with van der Waals surface area (Å²) >= 11 is 0. The van der Waals surface area contributed by atoms with Crippen molar-refractivity contribution in [1.82, 2.24) is 10.2 Å². The second-order valence-corrected chi connectivity index (χ2v) is 7.72. The summed E-state index contributed by atoms with van der Waals surface area (Å²) in [6.07, 6.45) is -1.41. The molecule has 8 heteroatoms. The molecule has 162 valence electrons. The lowest BCUT2D eigenvalue weighted by atomic mass is 9.98. The normalized spacial score (nSPS) is 20.6. The van der Waals surface area contributed by atoms with Gasteiger partial charge in [-0.15, -0.1) is 0 Å². The number of carbonyl (C=O) groups excluding carboxylic acids is 2. The van der Waals surface area contributed by atoms with Crippen LogP contribution in [0, 0.1) is 0 Å². The molecule has 1 unspecified atom stereocenters. The van der Waals surface area contributed by atoms with E-state index in [0.29, 0.717) is 0 Å². The maximum absolute atomic E-state index is 12.7. The maximum Gasteiger partial charge on any atom is 0.407 e. The van der Waals surface area contributed by atoms with Crippen molar-refractivity contribution in [3.8, 4) is 11.1 Å². The van der Waals surface area contributed by atoms with Crippen molar-refractivity contribution in [2.45, 2.75) is 38.1 Å². The predicted molar refractivity (Wildman–Crippen MR) is 111 cm³/mol. The van der Waals surface area contributed by atoms with Gasteiger partial charge in [-0.05, 0) is 36.1 Å². The molecule has 0 saturated carbocycles. The lowest BCUT2D eigenvalue weighted by Gasteiger charge is -2.27. The molecule has 2 aromatic rings. The van der Waals surface area contributed by atoms with E-state index in [2.05, 4.69) is 5.32 Å². The number of amides is 2. The van der Waals surface area contributed by atoms with E-state index in [1.54, 1.807) is 6.92 Å². The average Bonchev–Trinajstić information content (AvgIpc) is 3.30. The van der Waals surface area contributed by atoms with Gasteiger partial charge in [0, 0.05) is 5.92 Å². The van der Waals surface area contributed by atoms with Gasteiger partial charge in [-0.2, -0.15) is 0 Å². The Hall–Kier alpha value is -3.39. The number of benzene rings is 2. The summed E-state index contributed by atoms with van der Waals surface area (Å²) in [6.45, 7) is 3.14. The Morgan fingerprint density at radius 1 is 1.13 bits per heavy atom. The Balaban J connectivity index is 1.40. The molecule has 1 aliphatic heterocycles. The number of nitrogens with zero attached hydrogens (tertiary/aromatic N) is 1. The van der Waals surface area contributed by atoms with Gasteiger partial charge in [0.2, 0.25) is 5.91 Å². The van der Waals surface area contributed by atoms with Gasteiger partial charge < -0.3 is 19.9 Å². The van der Waals surface area contributed by atoms with Crippen LogP contribution in [-0.2, 0) is 19.1 Å². The van der Waals surface area contributed by atoms with Crippen LogP contribution in [0.2, 0.25) is 0 Å². The average molecular weight is 424 g/mol. The number of hydrogen-bond donors (Lipinski definition) is 2. The lowest BCUT2D eigenvalue weighted by Crippen LogP contribution is -2.53. The standard InChI is InChI=1S/C23H24N2O6/c1-13(21(26)25-14(2)30-12-20(25)22(27)28)24-23(29)31-11-19-17-9-5-3-7-15(17)16-8-4-6-10-18(16)19/h3-10,13-14,19-20H,11-12H2,1-2H3,(H,24,29)(H,27,28)/t13-,14?,20-/m0/s1. The Morgan fingerprint density at radius 2 is 1.71 bits per heavy atom. The summed E-state index contributed by atoms with van der Waals surface area (Å²) in [4.78, 5) is 37.6. The summed E-state index contributed by atoms with van der Waals surface area (Å²) in [5.41, 5.74) is 4.43. The summed E-state index contributed by atoms with van der Waals surface area (Å²) in [5.74, 6) is -1.77. The van der Waals surface area contributed by atoms with Gasteiger partial charge in [0.1, 0.15) is 18.9 Å². The fourth-order valence-electron chi connectivity index (χ4n) is 4.27. The number of hydrogen-bond acceptors (Lipinski definition) is 5. The van der Waals surface area contributed by atoms with Crippen LogP contribution in [0.15, 0.2) is 48.5 Å². The number of ether oxygens (including phenoxy) is 2. The van der Waals surface area contributed by atoms with E-state index >= 15 is 0 Å². The van der Waals surface area contributed by atoms with E-state index in [9.17, 15) is 19.5 Å². The molecule has 0 aromatic heterocycles. The minimum Gasteiger partial charge on any atom is -0.480 e. The van der Waals surface area contributed by atoms with Crippen molar-refractivity contribution in [3.05, 3.63) is 59.7 Å². The summed E-state index contributed by atoms with van der Waals surface area (Å²) in [5, 5.41) is 11.8.